The Morgan fingerprint density at radius 3 is 2.00 bits per heavy atom. The molecule has 0 heterocycles. The van der Waals surface area contributed by atoms with Gasteiger partial charge in [0.1, 0.15) is 5.75 Å². The molecule has 0 bridgehead atoms. The Morgan fingerprint density at radius 2 is 1.64 bits per heavy atom. The lowest BCUT2D eigenvalue weighted by Crippen LogP contribution is -2.20. The van der Waals surface area contributed by atoms with Crippen LogP contribution in [0.2, 0.25) is 0 Å². The Morgan fingerprint density at radius 1 is 1.14 bits per heavy atom. The molecule has 0 fully saturated rings. The maximum Gasteiger partial charge on any atom is 0.348 e. The molecule has 1 rings (SSSR count). The summed E-state index contributed by atoms with van der Waals surface area (Å²) in [5.41, 5.74) is 1.04. The Hall–Kier alpha value is 0.107. The van der Waals surface area contributed by atoms with E-state index < -0.39 is 6.00 Å². The van der Waals surface area contributed by atoms with Crippen LogP contribution in [0.3, 0.4) is 0 Å². The van der Waals surface area contributed by atoms with Gasteiger partial charge in [-0.05, 0) is 17.7 Å². The van der Waals surface area contributed by atoms with E-state index in [1.54, 1.807) is 7.11 Å². The number of methoxy groups -OCH3 is 1. The van der Waals surface area contributed by atoms with E-state index in [4.69, 9.17) is 38.0 Å². The number of rotatable bonds is 3. The van der Waals surface area contributed by atoms with Crippen LogP contribution in [0, 0.1) is 0 Å². The van der Waals surface area contributed by atoms with Crippen LogP contribution in [0.25, 0.3) is 0 Å². The third-order valence-electron chi connectivity index (χ3n) is 2.11. The van der Waals surface area contributed by atoms with E-state index in [0.717, 1.165) is 11.3 Å². The molecule has 1 aromatic carbocycles. The predicted octanol–water partition coefficient (Wildman–Crippen LogP) is 3.99. The second-order valence-corrected chi connectivity index (χ2v) is 12.1. The van der Waals surface area contributed by atoms with Crippen LogP contribution < -0.4 is 4.74 Å². The molecule has 0 spiro atoms. The number of hydrogen-bond donors (Lipinski definition) is 0. The van der Waals surface area contributed by atoms with Gasteiger partial charge in [0.15, 0.2) is 0 Å². The Balaban J connectivity index is 2.87. The molecule has 14 heavy (non-hydrogen) atoms. The van der Waals surface area contributed by atoms with Gasteiger partial charge < -0.3 is 4.74 Å². The molecule has 5 heteroatoms. The third kappa shape index (κ3) is 3.06. The zero-order chi connectivity index (χ0) is 10.8. The van der Waals surface area contributed by atoms with Crippen LogP contribution in [0.5, 0.6) is 5.75 Å². The molecule has 0 N–H and O–H groups in total. The average Bonchev–Trinajstić information content (AvgIpc) is 2.15. The maximum atomic E-state index is 5.93. The fourth-order valence-electron chi connectivity index (χ4n) is 1.08. The molecule has 1 atom stereocenters. The van der Waals surface area contributed by atoms with Gasteiger partial charge in [0, 0.05) is 5.54 Å². The van der Waals surface area contributed by atoms with E-state index in [1.165, 1.54) is 0 Å². The molecule has 0 aromatic heterocycles. The molecule has 1 aromatic rings. The van der Waals surface area contributed by atoms with Crippen molar-refractivity contribution < 1.29 is 4.74 Å². The number of halogens is 3. The molecule has 0 radical (unpaired) electrons. The second-order valence-electron chi connectivity index (χ2n) is 3.04. The van der Waals surface area contributed by atoms with Crippen LogP contribution in [0.1, 0.15) is 18.0 Å². The van der Waals surface area contributed by atoms with E-state index in [2.05, 4.69) is 0 Å². The highest BCUT2D eigenvalue weighted by molar-refractivity contribution is 7.65. The van der Waals surface area contributed by atoms with E-state index in [-0.39, 0.29) is 5.54 Å². The second kappa shape index (κ2) is 4.75. The summed E-state index contributed by atoms with van der Waals surface area (Å²) < 4.78 is 5.05. The van der Waals surface area contributed by atoms with Crippen molar-refractivity contribution in [3.63, 3.8) is 0 Å². The Bertz CT molecular complexity index is 294. The first-order chi connectivity index (χ1) is 6.45. The van der Waals surface area contributed by atoms with Gasteiger partial charge in [0.2, 0.25) is 0 Å². The van der Waals surface area contributed by atoms with Crippen molar-refractivity contribution in [3.8, 4) is 5.75 Å². The van der Waals surface area contributed by atoms with Crippen molar-refractivity contribution in [3.05, 3.63) is 29.8 Å². The van der Waals surface area contributed by atoms with E-state index in [1.807, 2.05) is 31.2 Å². The first-order valence-corrected chi connectivity index (χ1v) is 9.27. The summed E-state index contributed by atoms with van der Waals surface area (Å²) in [4.78, 5) is 0. The largest absolute Gasteiger partial charge is 0.497 e. The van der Waals surface area contributed by atoms with Crippen molar-refractivity contribution >= 4 is 39.2 Å². The van der Waals surface area contributed by atoms with Gasteiger partial charge in [-0.2, -0.15) is 0 Å². The van der Waals surface area contributed by atoms with Gasteiger partial charge in [-0.15, -0.1) is 33.2 Å². The standard InChI is InChI=1S/C9H11Cl3OSi/c1-7(14(10,11)12)8-3-5-9(13-2)6-4-8/h3-7H,1-2H3. The summed E-state index contributed by atoms with van der Waals surface area (Å²) in [5, 5.41) is 0. The molecule has 78 valence electrons. The summed E-state index contributed by atoms with van der Waals surface area (Å²) in [6.07, 6.45) is 0. The van der Waals surface area contributed by atoms with Crippen LogP contribution in [-0.2, 0) is 0 Å². The van der Waals surface area contributed by atoms with E-state index in [9.17, 15) is 0 Å². The van der Waals surface area contributed by atoms with E-state index in [0.29, 0.717) is 0 Å². The highest BCUT2D eigenvalue weighted by Gasteiger charge is 2.34. The average molecular weight is 270 g/mol. The monoisotopic (exact) mass is 268 g/mol. The Kier molecular flexibility index (Phi) is 4.13. The van der Waals surface area contributed by atoms with Gasteiger partial charge in [-0.25, -0.2) is 0 Å². The van der Waals surface area contributed by atoms with Gasteiger partial charge >= 0.3 is 6.00 Å². The maximum absolute atomic E-state index is 5.93. The van der Waals surface area contributed by atoms with Gasteiger partial charge in [-0.3, -0.25) is 0 Å². The first-order valence-electron chi connectivity index (χ1n) is 4.16. The van der Waals surface area contributed by atoms with Gasteiger partial charge in [0.25, 0.3) is 0 Å². The molecule has 1 nitrogen and oxygen atoms in total. The lowest BCUT2D eigenvalue weighted by atomic mass is 10.1. The first kappa shape index (κ1) is 12.2. The molecular formula is C9H11Cl3OSi. The molecule has 1 unspecified atom stereocenters. The Labute approximate surface area is 99.0 Å². The zero-order valence-electron chi connectivity index (χ0n) is 7.93. The molecule has 0 aliphatic rings. The summed E-state index contributed by atoms with van der Waals surface area (Å²) in [6.45, 7) is 1.93. The number of hydrogen-bond acceptors (Lipinski definition) is 1. The normalized spacial score (nSPS) is 13.8. The molecule has 0 aliphatic heterocycles. The minimum atomic E-state index is -2.65. The van der Waals surface area contributed by atoms with Crippen LogP contribution in [0.4, 0.5) is 0 Å². The molecule has 0 saturated heterocycles. The van der Waals surface area contributed by atoms with Crippen molar-refractivity contribution in [1.82, 2.24) is 0 Å². The van der Waals surface area contributed by atoms with E-state index >= 15 is 0 Å². The predicted molar refractivity (Wildman–Crippen MR) is 64.7 cm³/mol. The van der Waals surface area contributed by atoms with Crippen LogP contribution in [-0.4, -0.2) is 13.1 Å². The highest BCUT2D eigenvalue weighted by Crippen LogP contribution is 2.36. The van der Waals surface area contributed by atoms with Gasteiger partial charge in [-0.1, -0.05) is 19.1 Å². The fourth-order valence-corrected chi connectivity index (χ4v) is 2.79. The van der Waals surface area contributed by atoms with Crippen molar-refractivity contribution in [1.29, 1.82) is 0 Å². The van der Waals surface area contributed by atoms with Gasteiger partial charge in [0.05, 0.1) is 7.11 Å². The lowest BCUT2D eigenvalue weighted by Gasteiger charge is -2.17. The third-order valence-corrected chi connectivity index (χ3v) is 6.37. The summed E-state index contributed by atoms with van der Waals surface area (Å²) in [7, 11) is 1.63. The van der Waals surface area contributed by atoms with Crippen molar-refractivity contribution in [2.75, 3.05) is 7.11 Å². The number of benzene rings is 1. The fraction of sp³-hybridized carbons (Fsp3) is 0.333. The number of ether oxygens (including phenoxy) is 1. The van der Waals surface area contributed by atoms with Crippen LogP contribution in [0.15, 0.2) is 24.3 Å². The van der Waals surface area contributed by atoms with Crippen molar-refractivity contribution in [2.24, 2.45) is 0 Å². The smallest absolute Gasteiger partial charge is 0.348 e. The minimum absolute atomic E-state index is 0.00148. The molecule has 0 saturated carbocycles. The summed E-state index contributed by atoms with van der Waals surface area (Å²) in [6, 6.07) is 4.95. The lowest BCUT2D eigenvalue weighted by molar-refractivity contribution is 0.414. The summed E-state index contributed by atoms with van der Waals surface area (Å²) >= 11 is 17.8. The molecule has 0 amide bonds. The summed E-state index contributed by atoms with van der Waals surface area (Å²) in [5.74, 6) is 0.812. The minimum Gasteiger partial charge on any atom is -0.497 e. The van der Waals surface area contributed by atoms with Crippen LogP contribution >= 0.6 is 33.2 Å². The topological polar surface area (TPSA) is 9.23 Å². The molecule has 0 aliphatic carbocycles. The highest BCUT2D eigenvalue weighted by atomic mass is 35.8. The quantitative estimate of drug-likeness (QED) is 0.595. The van der Waals surface area contributed by atoms with Crippen molar-refractivity contribution in [2.45, 2.75) is 12.5 Å². The zero-order valence-corrected chi connectivity index (χ0v) is 11.2. The molecular weight excluding hydrogens is 259 g/mol. The SMILES string of the molecule is COc1ccc(C(C)[Si](Cl)(Cl)Cl)cc1.